The smallest absolute Gasteiger partial charge is 0.366 e. The van der Waals surface area contributed by atoms with Gasteiger partial charge < -0.3 is 10.3 Å². The van der Waals surface area contributed by atoms with Crippen molar-refractivity contribution in [3.63, 3.8) is 0 Å². The first-order valence-corrected chi connectivity index (χ1v) is 2.29. The van der Waals surface area contributed by atoms with Gasteiger partial charge in [-0.15, -0.1) is 0 Å². The molecule has 0 aliphatic heterocycles. The molecule has 3 nitrogen and oxygen atoms in total. The van der Waals surface area contributed by atoms with E-state index in [0.717, 1.165) is 0 Å². The maximum absolute atomic E-state index is 10.3. The van der Waals surface area contributed by atoms with Gasteiger partial charge in [-0.3, -0.25) is 0 Å². The second-order valence-corrected chi connectivity index (χ2v) is 1.53. The second-order valence-electron chi connectivity index (χ2n) is 1.32. The van der Waals surface area contributed by atoms with Crippen LogP contribution in [0.1, 0.15) is 6.92 Å². The van der Waals surface area contributed by atoms with Crippen molar-refractivity contribution in [1.82, 2.24) is 0 Å². The Hall–Kier alpha value is -0.140. The molecule has 0 aliphatic rings. The first-order chi connectivity index (χ1) is 3.68. The molecule has 1 unspecified atom stereocenters. The Bertz CT molecular complexity index is 87.4. The number of hydrogen-bond acceptors (Lipinski definition) is 2. The van der Waals surface area contributed by atoms with Gasteiger partial charge in [0.05, 0.1) is 10.7 Å². The molecule has 0 fully saturated rings. The van der Waals surface area contributed by atoms with Crippen LogP contribution < -0.4 is 5.73 Å². The Morgan fingerprint density at radius 2 is 2.86 bits per heavy atom. The molecule has 0 saturated heterocycles. The Labute approximate surface area is 45.8 Å². The SMILES string of the molecule is [2H]POC(=O)[C@H](C)[NH3+]. The topological polar surface area (TPSA) is 53.9 Å². The molecule has 0 spiro atoms. The molecule has 0 bridgehead atoms. The highest BCUT2D eigenvalue weighted by Crippen LogP contribution is 1.86. The highest BCUT2D eigenvalue weighted by Gasteiger charge is 2.08. The van der Waals surface area contributed by atoms with Gasteiger partial charge >= 0.3 is 5.97 Å². The van der Waals surface area contributed by atoms with Gasteiger partial charge in [0.2, 0.25) is 0 Å². The summed E-state index contributed by atoms with van der Waals surface area (Å²) in [6.45, 7) is 1.63. The van der Waals surface area contributed by atoms with Crippen LogP contribution in [-0.2, 0) is 9.32 Å². The molecule has 0 aromatic carbocycles. The van der Waals surface area contributed by atoms with Gasteiger partial charge in [-0.05, 0) is 6.92 Å². The van der Waals surface area contributed by atoms with Gasteiger partial charge in [-0.1, -0.05) is 0 Å². The second kappa shape index (κ2) is 2.94. The van der Waals surface area contributed by atoms with Gasteiger partial charge in [0.15, 0.2) is 6.04 Å². The molecule has 3 N–H and O–H groups in total. The molecule has 0 amide bonds. The van der Waals surface area contributed by atoms with Gasteiger partial charge in [0.1, 0.15) is 0 Å². The molecule has 0 saturated carbocycles. The average Bonchev–Trinajstić information content (AvgIpc) is 1.67. The predicted octanol–water partition coefficient (Wildman–Crippen LogP) is -1.05. The summed E-state index contributed by atoms with van der Waals surface area (Å²) in [6.07, 6.45) is 0. The quantitative estimate of drug-likeness (QED) is 0.476. The lowest BCUT2D eigenvalue weighted by atomic mass is 10.4. The van der Waals surface area contributed by atoms with E-state index in [2.05, 4.69) is 10.3 Å². The van der Waals surface area contributed by atoms with Crippen molar-refractivity contribution in [2.45, 2.75) is 13.0 Å². The lowest BCUT2D eigenvalue weighted by Gasteiger charge is -1.94. The van der Waals surface area contributed by atoms with E-state index in [1.807, 2.05) is 0 Å². The minimum Gasteiger partial charge on any atom is -0.447 e. The normalized spacial score (nSPS) is 16.6. The maximum atomic E-state index is 10.3. The van der Waals surface area contributed by atoms with E-state index in [1.54, 1.807) is 6.92 Å². The Morgan fingerprint density at radius 1 is 2.29 bits per heavy atom. The fourth-order valence-corrected chi connectivity index (χ4v) is 0.302. The zero-order valence-corrected chi connectivity index (χ0v) is 5.10. The van der Waals surface area contributed by atoms with Gasteiger partial charge in [0, 0.05) is 0 Å². The molecular weight excluding hydrogens is 113 g/mol. The third kappa shape index (κ3) is 2.54. The van der Waals surface area contributed by atoms with Crippen LogP contribution in [0.4, 0.5) is 0 Å². The number of carbonyl (C=O) groups is 1. The zero-order chi connectivity index (χ0) is 6.57. The lowest BCUT2D eigenvalue weighted by molar-refractivity contribution is -0.401. The van der Waals surface area contributed by atoms with Crippen LogP contribution >= 0.6 is 9.41 Å². The van der Waals surface area contributed by atoms with E-state index < -0.39 is 15.4 Å². The van der Waals surface area contributed by atoms with Crippen LogP contribution in [0.5, 0.6) is 0 Å². The summed E-state index contributed by atoms with van der Waals surface area (Å²) >= 11 is 0. The predicted molar refractivity (Wildman–Crippen MR) is 28.2 cm³/mol. The van der Waals surface area contributed by atoms with Crippen molar-refractivity contribution >= 4 is 15.4 Å². The third-order valence-electron chi connectivity index (χ3n) is 0.503. The first-order valence-electron chi connectivity index (χ1n) is 2.39. The Kier molecular flexibility index (Phi) is 2.10. The summed E-state index contributed by atoms with van der Waals surface area (Å²) in [5.74, 6) is -0.404. The summed E-state index contributed by atoms with van der Waals surface area (Å²) < 4.78 is 10.8. The molecule has 42 valence electrons. The van der Waals surface area contributed by atoms with Gasteiger partial charge in [0.25, 0.3) is 0 Å². The number of quaternary nitrogens is 1. The van der Waals surface area contributed by atoms with Crippen LogP contribution in [0.15, 0.2) is 0 Å². The van der Waals surface area contributed by atoms with Crippen LogP contribution in [0.25, 0.3) is 0 Å². The molecule has 0 aromatic rings. The number of hydrogen-bond donors (Lipinski definition) is 1. The van der Waals surface area contributed by atoms with Crippen molar-refractivity contribution < 1.29 is 15.1 Å². The molecule has 0 aliphatic carbocycles. The fourth-order valence-electron chi connectivity index (χ4n) is 0.101. The van der Waals surface area contributed by atoms with Crippen LogP contribution in [0.3, 0.4) is 0 Å². The van der Waals surface area contributed by atoms with E-state index in [4.69, 9.17) is 1.28 Å². The van der Waals surface area contributed by atoms with Crippen molar-refractivity contribution in [2.24, 2.45) is 0 Å². The number of carbonyl (C=O) groups excluding carboxylic acids is 1. The maximum Gasteiger partial charge on any atom is 0.366 e. The summed E-state index contributed by atoms with van der Waals surface area (Å²) in [7, 11) is -0.509. The summed E-state index contributed by atoms with van der Waals surface area (Å²) in [5.41, 5.74) is 3.40. The van der Waals surface area contributed by atoms with E-state index in [-0.39, 0.29) is 6.04 Å². The summed E-state index contributed by atoms with van der Waals surface area (Å²) in [6, 6.07) is -0.354. The van der Waals surface area contributed by atoms with Crippen LogP contribution in [0.2, 0.25) is 0 Å². The molecule has 0 heterocycles. The zero-order valence-electron chi connectivity index (χ0n) is 5.10. The lowest BCUT2D eigenvalue weighted by Crippen LogP contribution is -2.63. The van der Waals surface area contributed by atoms with Crippen LogP contribution in [-0.4, -0.2) is 13.3 Å². The summed E-state index contributed by atoms with van der Waals surface area (Å²) in [5, 5.41) is 0. The largest absolute Gasteiger partial charge is 0.447 e. The average molecular weight is 123 g/mol. The van der Waals surface area contributed by atoms with E-state index in [9.17, 15) is 4.79 Å². The first kappa shape index (κ1) is 5.01. The van der Waals surface area contributed by atoms with Crippen molar-refractivity contribution in [1.29, 1.82) is 1.28 Å². The van der Waals surface area contributed by atoms with Gasteiger partial charge in [-0.2, -0.15) is 0 Å². The molecule has 0 radical (unpaired) electrons. The minimum absolute atomic E-state index is 0.354. The van der Waals surface area contributed by atoms with E-state index in [0.29, 0.717) is 0 Å². The van der Waals surface area contributed by atoms with E-state index >= 15 is 0 Å². The molecule has 0 aromatic heterocycles. The van der Waals surface area contributed by atoms with Crippen molar-refractivity contribution in [2.75, 3.05) is 0 Å². The monoisotopic (exact) mass is 123 g/mol. The van der Waals surface area contributed by atoms with Crippen LogP contribution in [0, 0.1) is 0 Å². The molecule has 2 atom stereocenters. The molecule has 0 rings (SSSR count). The van der Waals surface area contributed by atoms with E-state index in [1.165, 1.54) is 0 Å². The number of rotatable bonds is 2. The third-order valence-corrected chi connectivity index (χ3v) is 0.704. The van der Waals surface area contributed by atoms with Crippen molar-refractivity contribution in [3.8, 4) is 0 Å². The highest BCUT2D eigenvalue weighted by molar-refractivity contribution is 7.10. The standard InChI is InChI=1S/C3H8NO2P/c1-2(4)3(5)6-7/h2H,4,7H2,1H3/p+1/t2-/m0/s1/i7D/t2-,7?. The minimum atomic E-state index is -0.509. The molecule has 4 heteroatoms. The highest BCUT2D eigenvalue weighted by atomic mass is 31.0. The fraction of sp³-hybridized carbons (Fsp3) is 0.667. The van der Waals surface area contributed by atoms with Gasteiger partial charge in [-0.25, -0.2) is 4.79 Å². The Balaban J connectivity index is 3.33. The molecule has 7 heavy (non-hydrogen) atoms. The van der Waals surface area contributed by atoms with Crippen molar-refractivity contribution in [3.05, 3.63) is 0 Å². The molecular formula is C3H9NO2P+. The Morgan fingerprint density at radius 3 is 3.00 bits per heavy atom. The summed E-state index contributed by atoms with van der Waals surface area (Å²) in [4.78, 5) is 10.3.